The van der Waals surface area contributed by atoms with E-state index in [-0.39, 0.29) is 16.3 Å². The number of amides is 1. The molecule has 2 heterocycles. The fourth-order valence-corrected chi connectivity index (χ4v) is 4.29. The van der Waals surface area contributed by atoms with Crippen molar-refractivity contribution in [2.45, 2.75) is 51.5 Å². The minimum absolute atomic E-state index is 0.0816. The summed E-state index contributed by atoms with van der Waals surface area (Å²) in [7, 11) is -4.02. The second-order valence-electron chi connectivity index (χ2n) is 5.97. The van der Waals surface area contributed by atoms with Crippen LogP contribution >= 0.6 is 0 Å². The zero-order chi connectivity index (χ0) is 16.9. The Morgan fingerprint density at radius 3 is 2.48 bits per heavy atom. The largest absolute Gasteiger partial charge is 0.360 e. The molecule has 0 radical (unpaired) electrons. The number of nitrogens with zero attached hydrogens (tertiary/aromatic N) is 2. The van der Waals surface area contributed by atoms with Gasteiger partial charge < -0.3 is 9.09 Å². The number of rotatable bonds is 4. The molecule has 0 saturated heterocycles. The van der Waals surface area contributed by atoms with Gasteiger partial charge in [-0.3, -0.25) is 4.79 Å². The van der Waals surface area contributed by atoms with Gasteiger partial charge in [0.1, 0.15) is 5.69 Å². The van der Waals surface area contributed by atoms with E-state index in [0.717, 1.165) is 24.2 Å². The van der Waals surface area contributed by atoms with Gasteiger partial charge in [0.05, 0.1) is 5.56 Å². The first kappa shape index (κ1) is 15.8. The Bertz CT molecular complexity index is 869. The first-order valence-corrected chi connectivity index (χ1v) is 8.89. The maximum atomic E-state index is 12.5. The molecule has 0 aromatic carbocycles. The SMILES string of the molecule is Cc1noc(C)c1S(=O)(=O)NC(=O)c1cc(C)n(C2CC2)c1C. The lowest BCUT2D eigenvalue weighted by Gasteiger charge is -2.08. The van der Waals surface area contributed by atoms with Crippen LogP contribution in [-0.2, 0) is 10.0 Å². The van der Waals surface area contributed by atoms with Crippen molar-refractivity contribution in [1.82, 2.24) is 14.4 Å². The predicted molar refractivity (Wildman–Crippen MR) is 82.8 cm³/mol. The predicted octanol–water partition coefficient (Wildman–Crippen LogP) is 2.16. The maximum absolute atomic E-state index is 12.5. The Kier molecular flexibility index (Phi) is 3.59. The molecule has 0 bridgehead atoms. The van der Waals surface area contributed by atoms with Gasteiger partial charge in [-0.15, -0.1) is 0 Å². The van der Waals surface area contributed by atoms with Crippen molar-refractivity contribution in [1.29, 1.82) is 0 Å². The molecule has 1 aliphatic carbocycles. The second kappa shape index (κ2) is 5.23. The van der Waals surface area contributed by atoms with Gasteiger partial charge >= 0.3 is 0 Å². The van der Waals surface area contributed by atoms with E-state index in [0.29, 0.717) is 11.6 Å². The van der Waals surface area contributed by atoms with Crippen molar-refractivity contribution < 1.29 is 17.7 Å². The number of sulfonamides is 1. The van der Waals surface area contributed by atoms with E-state index in [1.165, 1.54) is 13.8 Å². The minimum atomic E-state index is -4.02. The van der Waals surface area contributed by atoms with Crippen LogP contribution in [0.4, 0.5) is 0 Å². The highest BCUT2D eigenvalue weighted by atomic mass is 32.2. The minimum Gasteiger partial charge on any atom is -0.360 e. The van der Waals surface area contributed by atoms with Gasteiger partial charge in [0.15, 0.2) is 10.7 Å². The van der Waals surface area contributed by atoms with Gasteiger partial charge in [-0.05, 0) is 46.6 Å². The average molecular weight is 337 g/mol. The van der Waals surface area contributed by atoms with E-state index in [4.69, 9.17) is 4.52 Å². The second-order valence-corrected chi connectivity index (χ2v) is 7.59. The molecule has 0 spiro atoms. The van der Waals surface area contributed by atoms with Gasteiger partial charge in [0.2, 0.25) is 0 Å². The number of carbonyl (C=O) groups excluding carboxylic acids is 1. The lowest BCUT2D eigenvalue weighted by Crippen LogP contribution is -2.31. The topological polar surface area (TPSA) is 94.2 Å². The molecular weight excluding hydrogens is 318 g/mol. The summed E-state index contributed by atoms with van der Waals surface area (Å²) in [6, 6.07) is 2.15. The van der Waals surface area contributed by atoms with Crippen LogP contribution < -0.4 is 4.72 Å². The van der Waals surface area contributed by atoms with Crippen LogP contribution in [-0.4, -0.2) is 24.0 Å². The van der Waals surface area contributed by atoms with Gasteiger partial charge in [-0.2, -0.15) is 0 Å². The monoisotopic (exact) mass is 337 g/mol. The number of carbonyl (C=O) groups is 1. The van der Waals surface area contributed by atoms with Crippen molar-refractivity contribution in [2.24, 2.45) is 0 Å². The van der Waals surface area contributed by atoms with Crippen LogP contribution in [0, 0.1) is 27.7 Å². The summed E-state index contributed by atoms with van der Waals surface area (Å²) in [6.07, 6.45) is 2.18. The Hall–Kier alpha value is -2.09. The molecule has 7 nitrogen and oxygen atoms in total. The van der Waals surface area contributed by atoms with Crippen LogP contribution in [0.5, 0.6) is 0 Å². The maximum Gasteiger partial charge on any atom is 0.269 e. The van der Waals surface area contributed by atoms with Gasteiger partial charge in [0, 0.05) is 17.4 Å². The normalized spacial score (nSPS) is 15.0. The molecule has 1 N–H and O–H groups in total. The summed E-state index contributed by atoms with van der Waals surface area (Å²) < 4.78 is 33.9. The lowest BCUT2D eigenvalue weighted by molar-refractivity contribution is 0.0980. The van der Waals surface area contributed by atoms with E-state index in [1.54, 1.807) is 6.07 Å². The van der Waals surface area contributed by atoms with Crippen molar-refractivity contribution in [3.63, 3.8) is 0 Å². The molecular formula is C15H19N3O4S. The Morgan fingerprint density at radius 1 is 1.30 bits per heavy atom. The number of hydrogen-bond acceptors (Lipinski definition) is 5. The molecule has 2 aromatic rings. The highest BCUT2D eigenvalue weighted by Crippen LogP contribution is 2.38. The number of hydrogen-bond donors (Lipinski definition) is 1. The quantitative estimate of drug-likeness (QED) is 0.922. The van der Waals surface area contributed by atoms with Crippen LogP contribution in [0.2, 0.25) is 0 Å². The average Bonchev–Trinajstić information content (AvgIpc) is 3.14. The standard InChI is InChI=1S/C15H19N3O4S/c1-8-7-13(10(3)18(8)12-5-6-12)15(19)17-23(20,21)14-9(2)16-22-11(14)4/h7,12H,5-6H2,1-4H3,(H,17,19). The molecule has 0 atom stereocenters. The van der Waals surface area contributed by atoms with Crippen LogP contribution in [0.25, 0.3) is 0 Å². The molecule has 124 valence electrons. The van der Waals surface area contributed by atoms with Gasteiger partial charge in [-0.25, -0.2) is 13.1 Å². The number of aromatic nitrogens is 2. The summed E-state index contributed by atoms with van der Waals surface area (Å²) in [5, 5.41) is 3.62. The highest BCUT2D eigenvalue weighted by molar-refractivity contribution is 7.90. The third-order valence-corrected chi connectivity index (χ3v) is 5.68. The zero-order valence-electron chi connectivity index (χ0n) is 13.5. The number of aryl methyl sites for hydroxylation is 3. The third-order valence-electron chi connectivity index (χ3n) is 4.10. The van der Waals surface area contributed by atoms with Crippen molar-refractivity contribution >= 4 is 15.9 Å². The molecule has 0 unspecified atom stereocenters. The van der Waals surface area contributed by atoms with E-state index >= 15 is 0 Å². The molecule has 1 saturated carbocycles. The Labute approximate surface area is 134 Å². The molecule has 1 aliphatic rings. The molecule has 0 aliphatic heterocycles. The van der Waals surface area contributed by atoms with Gasteiger partial charge in [0.25, 0.3) is 15.9 Å². The van der Waals surface area contributed by atoms with Crippen molar-refractivity contribution in [3.8, 4) is 0 Å². The Balaban J connectivity index is 1.92. The van der Waals surface area contributed by atoms with E-state index < -0.39 is 15.9 Å². The highest BCUT2D eigenvalue weighted by Gasteiger charge is 2.31. The summed E-state index contributed by atoms with van der Waals surface area (Å²) in [5.41, 5.74) is 2.36. The van der Waals surface area contributed by atoms with E-state index in [9.17, 15) is 13.2 Å². The van der Waals surface area contributed by atoms with E-state index in [1.807, 2.05) is 13.8 Å². The summed E-state index contributed by atoms with van der Waals surface area (Å²) in [6.45, 7) is 6.78. The van der Waals surface area contributed by atoms with Crippen molar-refractivity contribution in [3.05, 3.63) is 34.5 Å². The fraction of sp³-hybridized carbons (Fsp3) is 0.467. The lowest BCUT2D eigenvalue weighted by atomic mass is 10.2. The smallest absolute Gasteiger partial charge is 0.269 e. The molecule has 2 aromatic heterocycles. The summed E-state index contributed by atoms with van der Waals surface area (Å²) in [5.74, 6) is -0.476. The van der Waals surface area contributed by atoms with Gasteiger partial charge in [-0.1, -0.05) is 5.16 Å². The molecule has 3 rings (SSSR count). The molecule has 1 amide bonds. The van der Waals surface area contributed by atoms with Crippen LogP contribution in [0.1, 0.15) is 52.1 Å². The summed E-state index contributed by atoms with van der Waals surface area (Å²) in [4.78, 5) is 12.4. The first-order chi connectivity index (χ1) is 10.7. The summed E-state index contributed by atoms with van der Waals surface area (Å²) >= 11 is 0. The Morgan fingerprint density at radius 2 is 1.96 bits per heavy atom. The third kappa shape index (κ3) is 2.67. The molecule has 1 fully saturated rings. The number of nitrogens with one attached hydrogen (secondary N) is 1. The van der Waals surface area contributed by atoms with Crippen LogP contribution in [0.3, 0.4) is 0 Å². The zero-order valence-corrected chi connectivity index (χ0v) is 14.3. The van der Waals surface area contributed by atoms with E-state index in [2.05, 4.69) is 14.4 Å². The first-order valence-electron chi connectivity index (χ1n) is 7.41. The van der Waals surface area contributed by atoms with Crippen molar-refractivity contribution in [2.75, 3.05) is 0 Å². The molecule has 23 heavy (non-hydrogen) atoms. The van der Waals surface area contributed by atoms with Crippen LogP contribution in [0.15, 0.2) is 15.5 Å². The molecule has 8 heteroatoms. The fourth-order valence-electron chi connectivity index (χ4n) is 2.99.